The summed E-state index contributed by atoms with van der Waals surface area (Å²) in [6, 6.07) is 0. The van der Waals surface area contributed by atoms with E-state index in [-0.39, 0.29) is 0 Å². The SMILES string of the molecule is C1CNCC(CNCC2CCCS2)C1. The van der Waals surface area contributed by atoms with Crippen molar-refractivity contribution in [2.75, 3.05) is 31.9 Å². The van der Waals surface area contributed by atoms with E-state index in [0.717, 1.165) is 11.2 Å². The summed E-state index contributed by atoms with van der Waals surface area (Å²) in [4.78, 5) is 0. The van der Waals surface area contributed by atoms with E-state index in [4.69, 9.17) is 0 Å². The van der Waals surface area contributed by atoms with E-state index in [0.29, 0.717) is 0 Å². The molecule has 2 atom stereocenters. The van der Waals surface area contributed by atoms with Crippen molar-refractivity contribution < 1.29 is 0 Å². The molecule has 3 heteroatoms. The summed E-state index contributed by atoms with van der Waals surface area (Å²) < 4.78 is 0. The van der Waals surface area contributed by atoms with Crippen LogP contribution in [0.3, 0.4) is 0 Å². The molecule has 2 unspecified atom stereocenters. The van der Waals surface area contributed by atoms with E-state index >= 15 is 0 Å². The molecule has 2 nitrogen and oxygen atoms in total. The van der Waals surface area contributed by atoms with Gasteiger partial charge < -0.3 is 10.6 Å². The fourth-order valence-corrected chi connectivity index (χ4v) is 3.59. The molecule has 0 saturated carbocycles. The van der Waals surface area contributed by atoms with Gasteiger partial charge in [-0.25, -0.2) is 0 Å². The molecule has 0 aromatic heterocycles. The number of rotatable bonds is 4. The van der Waals surface area contributed by atoms with Gasteiger partial charge in [0.25, 0.3) is 0 Å². The summed E-state index contributed by atoms with van der Waals surface area (Å²) in [5.74, 6) is 2.27. The van der Waals surface area contributed by atoms with Crippen LogP contribution in [0.15, 0.2) is 0 Å². The Morgan fingerprint density at radius 3 is 2.93 bits per heavy atom. The molecule has 2 aliphatic rings. The Morgan fingerprint density at radius 2 is 2.21 bits per heavy atom. The summed E-state index contributed by atoms with van der Waals surface area (Å²) in [5.41, 5.74) is 0. The lowest BCUT2D eigenvalue weighted by Gasteiger charge is -2.23. The van der Waals surface area contributed by atoms with Crippen LogP contribution in [0.1, 0.15) is 25.7 Å². The van der Waals surface area contributed by atoms with Gasteiger partial charge in [0.15, 0.2) is 0 Å². The van der Waals surface area contributed by atoms with Crippen molar-refractivity contribution in [2.24, 2.45) is 5.92 Å². The van der Waals surface area contributed by atoms with Crippen molar-refractivity contribution in [2.45, 2.75) is 30.9 Å². The molecule has 2 saturated heterocycles. The van der Waals surface area contributed by atoms with E-state index in [1.54, 1.807) is 0 Å². The van der Waals surface area contributed by atoms with Crippen molar-refractivity contribution in [3.8, 4) is 0 Å². The quantitative estimate of drug-likeness (QED) is 0.741. The molecular weight excluding hydrogens is 192 g/mol. The highest BCUT2D eigenvalue weighted by atomic mass is 32.2. The number of piperidine rings is 1. The molecule has 2 N–H and O–H groups in total. The number of hydrogen-bond acceptors (Lipinski definition) is 3. The minimum Gasteiger partial charge on any atom is -0.316 e. The van der Waals surface area contributed by atoms with E-state index < -0.39 is 0 Å². The third kappa shape index (κ3) is 3.44. The molecule has 0 bridgehead atoms. The Balaban J connectivity index is 1.52. The van der Waals surface area contributed by atoms with Crippen LogP contribution >= 0.6 is 11.8 Å². The first-order valence-electron chi connectivity index (χ1n) is 5.98. The van der Waals surface area contributed by atoms with E-state index in [1.807, 2.05) is 0 Å². The zero-order chi connectivity index (χ0) is 9.64. The Kier molecular flexibility index (Phi) is 4.61. The number of thioether (sulfide) groups is 1. The van der Waals surface area contributed by atoms with Crippen LogP contribution in [0.25, 0.3) is 0 Å². The molecule has 82 valence electrons. The third-order valence-electron chi connectivity index (χ3n) is 3.23. The smallest absolute Gasteiger partial charge is 0.0172 e. The minimum absolute atomic E-state index is 0.884. The molecule has 2 aliphatic heterocycles. The maximum Gasteiger partial charge on any atom is 0.0172 e. The molecule has 0 spiro atoms. The summed E-state index contributed by atoms with van der Waals surface area (Å²) >= 11 is 2.15. The Bertz CT molecular complexity index is 151. The second kappa shape index (κ2) is 5.99. The zero-order valence-corrected chi connectivity index (χ0v) is 9.74. The fraction of sp³-hybridized carbons (Fsp3) is 1.00. The highest BCUT2D eigenvalue weighted by Crippen LogP contribution is 2.25. The first-order valence-corrected chi connectivity index (χ1v) is 7.03. The average Bonchev–Trinajstić information content (AvgIpc) is 2.72. The van der Waals surface area contributed by atoms with E-state index in [9.17, 15) is 0 Å². The van der Waals surface area contributed by atoms with Crippen molar-refractivity contribution in [1.82, 2.24) is 10.6 Å². The van der Waals surface area contributed by atoms with Crippen molar-refractivity contribution >= 4 is 11.8 Å². The van der Waals surface area contributed by atoms with Gasteiger partial charge in [0.2, 0.25) is 0 Å². The summed E-state index contributed by atoms with van der Waals surface area (Å²) in [7, 11) is 0. The molecule has 0 aromatic carbocycles. The number of nitrogens with one attached hydrogen (secondary N) is 2. The average molecular weight is 214 g/mol. The predicted molar refractivity (Wildman–Crippen MR) is 63.9 cm³/mol. The molecular formula is C11H22N2S. The maximum absolute atomic E-state index is 3.64. The topological polar surface area (TPSA) is 24.1 Å². The van der Waals surface area contributed by atoms with Crippen molar-refractivity contribution in [3.63, 3.8) is 0 Å². The van der Waals surface area contributed by atoms with Crippen LogP contribution in [-0.2, 0) is 0 Å². The van der Waals surface area contributed by atoms with Crippen molar-refractivity contribution in [3.05, 3.63) is 0 Å². The predicted octanol–water partition coefficient (Wildman–Crippen LogP) is 1.47. The molecule has 0 amide bonds. The normalized spacial score (nSPS) is 33.4. The van der Waals surface area contributed by atoms with Gasteiger partial charge in [0.05, 0.1) is 0 Å². The molecule has 2 heterocycles. The van der Waals surface area contributed by atoms with Gasteiger partial charge in [-0.1, -0.05) is 0 Å². The Hall–Kier alpha value is 0.270. The van der Waals surface area contributed by atoms with Crippen LogP contribution in [0, 0.1) is 5.92 Å². The third-order valence-corrected chi connectivity index (χ3v) is 4.63. The lowest BCUT2D eigenvalue weighted by atomic mass is 10.00. The first kappa shape index (κ1) is 10.8. The Labute approximate surface area is 91.6 Å². The summed E-state index contributed by atoms with van der Waals surface area (Å²) in [6.07, 6.45) is 5.64. The lowest BCUT2D eigenvalue weighted by molar-refractivity contribution is 0.360. The van der Waals surface area contributed by atoms with Gasteiger partial charge >= 0.3 is 0 Å². The first-order chi connectivity index (χ1) is 6.95. The van der Waals surface area contributed by atoms with Gasteiger partial charge in [-0.2, -0.15) is 11.8 Å². The molecule has 14 heavy (non-hydrogen) atoms. The summed E-state index contributed by atoms with van der Waals surface area (Å²) in [5, 5.41) is 8.01. The second-order valence-electron chi connectivity index (χ2n) is 4.51. The van der Waals surface area contributed by atoms with Crippen LogP contribution in [0.2, 0.25) is 0 Å². The fourth-order valence-electron chi connectivity index (χ4n) is 2.35. The molecule has 2 rings (SSSR count). The number of hydrogen-bond donors (Lipinski definition) is 2. The molecule has 0 radical (unpaired) electrons. The Morgan fingerprint density at radius 1 is 1.21 bits per heavy atom. The van der Waals surface area contributed by atoms with Crippen molar-refractivity contribution in [1.29, 1.82) is 0 Å². The van der Waals surface area contributed by atoms with Gasteiger partial charge in [-0.3, -0.25) is 0 Å². The van der Waals surface area contributed by atoms with Gasteiger partial charge in [-0.05, 0) is 57.0 Å². The molecule has 2 fully saturated rings. The van der Waals surface area contributed by atoms with Crippen LogP contribution in [-0.4, -0.2) is 37.2 Å². The standard InChI is InChI=1S/C11H22N2S/c1-3-10(7-12-5-1)8-13-9-11-4-2-6-14-11/h10-13H,1-9H2. The van der Waals surface area contributed by atoms with Crippen LogP contribution < -0.4 is 10.6 Å². The van der Waals surface area contributed by atoms with Gasteiger partial charge in [-0.15, -0.1) is 0 Å². The van der Waals surface area contributed by atoms with E-state index in [2.05, 4.69) is 22.4 Å². The highest BCUT2D eigenvalue weighted by molar-refractivity contribution is 8.00. The monoisotopic (exact) mass is 214 g/mol. The summed E-state index contributed by atoms with van der Waals surface area (Å²) in [6.45, 7) is 4.92. The van der Waals surface area contributed by atoms with Gasteiger partial charge in [0.1, 0.15) is 0 Å². The zero-order valence-electron chi connectivity index (χ0n) is 8.93. The van der Waals surface area contributed by atoms with E-state index in [1.165, 1.54) is 57.6 Å². The lowest BCUT2D eigenvalue weighted by Crippen LogP contribution is -2.37. The van der Waals surface area contributed by atoms with Crippen LogP contribution in [0.4, 0.5) is 0 Å². The molecule has 0 aliphatic carbocycles. The van der Waals surface area contributed by atoms with Crippen LogP contribution in [0.5, 0.6) is 0 Å². The second-order valence-corrected chi connectivity index (χ2v) is 5.91. The molecule has 0 aromatic rings. The highest BCUT2D eigenvalue weighted by Gasteiger charge is 2.16. The largest absolute Gasteiger partial charge is 0.316 e. The maximum atomic E-state index is 3.64. The minimum atomic E-state index is 0.884. The van der Waals surface area contributed by atoms with Gasteiger partial charge in [0, 0.05) is 11.8 Å².